The first kappa shape index (κ1) is 21.8. The first-order valence-electron chi connectivity index (χ1n) is 9.69. The number of carbonyl (C=O) groups is 1. The van der Waals surface area contributed by atoms with Gasteiger partial charge in [-0.05, 0) is 48.7 Å². The highest BCUT2D eigenvalue weighted by Gasteiger charge is 2.24. The lowest BCUT2D eigenvalue weighted by atomic mass is 10.1. The number of benzene rings is 1. The van der Waals surface area contributed by atoms with Crippen LogP contribution in [0.25, 0.3) is 0 Å². The molecule has 0 unspecified atom stereocenters. The Kier molecular flexibility index (Phi) is 6.94. The van der Waals surface area contributed by atoms with E-state index in [0.717, 1.165) is 59.6 Å². The van der Waals surface area contributed by atoms with Crippen molar-refractivity contribution in [2.75, 3.05) is 56.5 Å². The number of nitrogens with zero attached hydrogens (tertiary/aromatic N) is 3. The molecular weight excluding hydrogens is 408 g/mol. The minimum atomic E-state index is -3.64. The summed E-state index contributed by atoms with van der Waals surface area (Å²) in [6.07, 6.45) is 0. The fraction of sp³-hybridized carbons (Fsp3) is 0.450. The predicted octanol–water partition coefficient (Wildman–Crippen LogP) is 2.46. The van der Waals surface area contributed by atoms with Crippen LogP contribution in [0, 0.1) is 6.92 Å². The highest BCUT2D eigenvalue weighted by atomic mass is 32.2. The van der Waals surface area contributed by atoms with Crippen molar-refractivity contribution in [2.45, 2.75) is 18.1 Å². The van der Waals surface area contributed by atoms with Gasteiger partial charge in [-0.2, -0.15) is 4.31 Å². The number of likely N-dealkylation sites (N-methyl/N-ethyl adjacent to an activating group) is 2. The molecule has 0 aliphatic carbocycles. The maximum Gasteiger partial charge on any atom is 0.252 e. The highest BCUT2D eigenvalue weighted by molar-refractivity contribution is 7.91. The van der Waals surface area contributed by atoms with Gasteiger partial charge in [-0.3, -0.25) is 4.79 Å². The van der Waals surface area contributed by atoms with Gasteiger partial charge in [0.15, 0.2) is 0 Å². The van der Waals surface area contributed by atoms with E-state index in [0.29, 0.717) is 5.69 Å². The molecule has 29 heavy (non-hydrogen) atoms. The summed E-state index contributed by atoms with van der Waals surface area (Å²) in [5, 5.41) is 4.54. The molecule has 158 valence electrons. The lowest BCUT2D eigenvalue weighted by molar-refractivity contribution is -0.116. The van der Waals surface area contributed by atoms with E-state index in [4.69, 9.17) is 0 Å². The Labute approximate surface area is 177 Å². The normalized spacial score (nSPS) is 15.7. The van der Waals surface area contributed by atoms with Gasteiger partial charge >= 0.3 is 0 Å². The maximum atomic E-state index is 12.5. The zero-order valence-electron chi connectivity index (χ0n) is 17.1. The molecule has 0 saturated carbocycles. The molecule has 2 aromatic rings. The highest BCUT2D eigenvalue weighted by Crippen LogP contribution is 2.24. The molecule has 0 spiro atoms. The number of aryl methyl sites for hydroxylation is 1. The maximum absolute atomic E-state index is 12.5. The van der Waals surface area contributed by atoms with Gasteiger partial charge in [-0.15, -0.1) is 11.3 Å². The Balaban J connectivity index is 1.61. The first-order chi connectivity index (χ1) is 13.8. The number of carbonyl (C=O) groups excluding carboxylic acids is 1. The third-order valence-electron chi connectivity index (χ3n) is 5.19. The summed E-state index contributed by atoms with van der Waals surface area (Å²) in [6.45, 7) is 9.07. The smallest absolute Gasteiger partial charge is 0.252 e. The van der Waals surface area contributed by atoms with Crippen molar-refractivity contribution in [1.29, 1.82) is 0 Å². The van der Waals surface area contributed by atoms with Gasteiger partial charge in [-0.25, -0.2) is 8.42 Å². The van der Waals surface area contributed by atoms with Crippen molar-refractivity contribution in [2.24, 2.45) is 0 Å². The van der Waals surface area contributed by atoms with E-state index in [9.17, 15) is 13.2 Å². The minimum absolute atomic E-state index is 0.233. The number of hydrogen-bond acceptors (Lipinski definition) is 6. The van der Waals surface area contributed by atoms with Gasteiger partial charge in [0.05, 0.1) is 6.54 Å². The minimum Gasteiger partial charge on any atom is -0.369 e. The van der Waals surface area contributed by atoms with E-state index in [1.54, 1.807) is 11.4 Å². The number of thiophene rings is 1. The van der Waals surface area contributed by atoms with Crippen LogP contribution < -0.4 is 10.2 Å². The van der Waals surface area contributed by atoms with Crippen molar-refractivity contribution in [3.63, 3.8) is 0 Å². The van der Waals surface area contributed by atoms with E-state index >= 15 is 0 Å². The second kappa shape index (κ2) is 9.25. The molecule has 3 rings (SSSR count). The first-order valence-corrected chi connectivity index (χ1v) is 12.0. The molecular formula is C20H28N4O3S2. The van der Waals surface area contributed by atoms with Gasteiger partial charge in [-0.1, -0.05) is 13.0 Å². The third kappa shape index (κ3) is 5.16. The Hall–Kier alpha value is -1.94. The molecule has 1 aromatic heterocycles. The van der Waals surface area contributed by atoms with Crippen LogP contribution in [0.1, 0.15) is 12.5 Å². The summed E-state index contributed by atoms with van der Waals surface area (Å²) in [4.78, 5) is 17.2. The SMILES string of the molecule is CCN1CCN(c2ccc(NC(=O)CN(C)S(=O)(=O)c3cccs3)c(C)c2)CC1. The molecule has 0 bridgehead atoms. The Morgan fingerprint density at radius 3 is 2.52 bits per heavy atom. The van der Waals surface area contributed by atoms with Crippen molar-refractivity contribution in [3.05, 3.63) is 41.3 Å². The number of anilines is 2. The van der Waals surface area contributed by atoms with Crippen LogP contribution in [0.3, 0.4) is 0 Å². The van der Waals surface area contributed by atoms with E-state index in [-0.39, 0.29) is 16.7 Å². The Bertz CT molecular complexity index is 937. The van der Waals surface area contributed by atoms with Crippen LogP contribution in [-0.4, -0.2) is 69.8 Å². The van der Waals surface area contributed by atoms with E-state index < -0.39 is 10.0 Å². The summed E-state index contributed by atoms with van der Waals surface area (Å²) in [6, 6.07) is 9.19. The van der Waals surface area contributed by atoms with Crippen LogP contribution in [0.2, 0.25) is 0 Å². The monoisotopic (exact) mass is 436 g/mol. The Morgan fingerprint density at radius 2 is 1.93 bits per heavy atom. The summed E-state index contributed by atoms with van der Waals surface area (Å²) < 4.78 is 26.2. The number of piperazine rings is 1. The quantitative estimate of drug-likeness (QED) is 0.722. The fourth-order valence-electron chi connectivity index (χ4n) is 3.35. The second-order valence-corrected chi connectivity index (χ2v) is 10.4. The van der Waals surface area contributed by atoms with Gasteiger partial charge in [0.1, 0.15) is 4.21 Å². The molecule has 1 fully saturated rings. The molecule has 1 N–H and O–H groups in total. The molecule has 1 amide bonds. The van der Waals surface area contributed by atoms with Crippen LogP contribution in [0.4, 0.5) is 11.4 Å². The van der Waals surface area contributed by atoms with E-state index in [1.807, 2.05) is 19.1 Å². The Morgan fingerprint density at radius 1 is 1.21 bits per heavy atom. The molecule has 9 heteroatoms. The van der Waals surface area contributed by atoms with Gasteiger partial charge in [0.2, 0.25) is 5.91 Å². The summed E-state index contributed by atoms with van der Waals surface area (Å²) >= 11 is 1.14. The van der Waals surface area contributed by atoms with Gasteiger partial charge in [0.25, 0.3) is 10.0 Å². The molecule has 2 heterocycles. The van der Waals surface area contributed by atoms with E-state index in [2.05, 4.69) is 28.1 Å². The zero-order chi connectivity index (χ0) is 21.0. The molecule has 1 aliphatic rings. The fourth-order valence-corrected chi connectivity index (χ4v) is 5.68. The number of hydrogen-bond donors (Lipinski definition) is 1. The zero-order valence-corrected chi connectivity index (χ0v) is 18.7. The molecule has 0 radical (unpaired) electrons. The number of nitrogens with one attached hydrogen (secondary N) is 1. The van der Waals surface area contributed by atoms with Crippen molar-refractivity contribution in [3.8, 4) is 0 Å². The van der Waals surface area contributed by atoms with Crippen LogP contribution >= 0.6 is 11.3 Å². The number of amides is 1. The van der Waals surface area contributed by atoms with Gasteiger partial charge < -0.3 is 15.1 Å². The predicted molar refractivity (Wildman–Crippen MR) is 118 cm³/mol. The van der Waals surface area contributed by atoms with Crippen molar-refractivity contribution < 1.29 is 13.2 Å². The summed E-state index contributed by atoms with van der Waals surface area (Å²) in [5.41, 5.74) is 2.80. The molecule has 7 nitrogen and oxygen atoms in total. The molecule has 1 saturated heterocycles. The topological polar surface area (TPSA) is 73.0 Å². The van der Waals surface area contributed by atoms with Crippen molar-refractivity contribution >= 4 is 38.6 Å². The average molecular weight is 437 g/mol. The standard InChI is InChI=1S/C20H28N4O3S2/c1-4-23-9-11-24(12-10-23)17-7-8-18(16(2)14-17)21-19(25)15-22(3)29(26,27)20-6-5-13-28-20/h5-8,13-14H,4,9-12,15H2,1-3H3,(H,21,25). The van der Waals surface area contributed by atoms with E-state index in [1.165, 1.54) is 13.1 Å². The molecule has 0 atom stereocenters. The largest absolute Gasteiger partial charge is 0.369 e. The van der Waals surface area contributed by atoms with Crippen LogP contribution in [0.5, 0.6) is 0 Å². The number of sulfonamides is 1. The van der Waals surface area contributed by atoms with Gasteiger partial charge in [0, 0.05) is 44.6 Å². The summed E-state index contributed by atoms with van der Waals surface area (Å²) in [7, 11) is -2.22. The average Bonchev–Trinajstić information content (AvgIpc) is 3.25. The van der Waals surface area contributed by atoms with Crippen LogP contribution in [0.15, 0.2) is 39.9 Å². The second-order valence-electron chi connectivity index (χ2n) is 7.16. The number of rotatable bonds is 7. The third-order valence-corrected chi connectivity index (χ3v) is 8.37. The summed E-state index contributed by atoms with van der Waals surface area (Å²) in [5.74, 6) is -0.361. The van der Waals surface area contributed by atoms with Crippen molar-refractivity contribution in [1.82, 2.24) is 9.21 Å². The lowest BCUT2D eigenvalue weighted by Crippen LogP contribution is -2.46. The molecule has 1 aliphatic heterocycles. The molecule has 1 aromatic carbocycles. The lowest BCUT2D eigenvalue weighted by Gasteiger charge is -2.35. The van der Waals surface area contributed by atoms with Crippen LogP contribution in [-0.2, 0) is 14.8 Å².